The first-order valence-electron chi connectivity index (χ1n) is 44.9. The summed E-state index contributed by atoms with van der Waals surface area (Å²) in [5, 5.41) is 28.3. The van der Waals surface area contributed by atoms with Gasteiger partial charge in [-0.3, -0.25) is 57.5 Å². The zero-order chi connectivity index (χ0) is 95.7. The van der Waals surface area contributed by atoms with Gasteiger partial charge in [0.2, 0.25) is 71.8 Å². The number of hydrogen-bond acceptors (Lipinski definition) is 20. The number of nitrogens with one attached hydrogen (secondary N) is 6. The third kappa shape index (κ3) is 29.8. The van der Waals surface area contributed by atoms with Crippen molar-refractivity contribution in [2.24, 2.45) is 5.92 Å². The Morgan fingerprint density at radius 1 is 0.444 bits per heavy atom. The van der Waals surface area contributed by atoms with E-state index in [1.54, 1.807) is 50.8 Å². The number of piperazine rings is 6. The zero-order valence-electron chi connectivity index (χ0n) is 75.9. The van der Waals surface area contributed by atoms with Gasteiger partial charge < -0.3 is 80.6 Å². The van der Waals surface area contributed by atoms with Crippen molar-refractivity contribution in [3.05, 3.63) is 240 Å². The number of para-hydroxylation sites is 1. The van der Waals surface area contributed by atoms with Gasteiger partial charge >= 0.3 is 0 Å². The number of phenolic OH excluding ortho intramolecular Hbond substituents is 1. The number of benzene rings is 8. The molecular weight excluding hydrogens is 1760 g/mol. The van der Waals surface area contributed by atoms with Crippen LogP contribution in [-0.2, 0) is 91.7 Å². The van der Waals surface area contributed by atoms with Crippen molar-refractivity contribution in [2.45, 2.75) is 128 Å². The van der Waals surface area contributed by atoms with E-state index in [9.17, 15) is 79.5 Å². The first-order chi connectivity index (χ1) is 63.9. The number of nitrogens with zero attached hydrogens (tertiary/aromatic N) is 6. The number of hydrogen-bond donors (Lipinski definition) is 7. The molecule has 133 heavy (non-hydrogen) atoms. The van der Waals surface area contributed by atoms with Gasteiger partial charge in [-0.2, -0.15) is 0 Å². The second-order valence-corrected chi connectivity index (χ2v) is 37.9. The van der Waals surface area contributed by atoms with E-state index in [2.05, 4.69) is 53.3 Å². The Bertz CT molecular complexity index is 5540. The van der Waals surface area contributed by atoms with E-state index in [1.807, 2.05) is 191 Å². The van der Waals surface area contributed by atoms with E-state index in [-0.39, 0.29) is 109 Å². The number of phenols is 1. The summed E-state index contributed by atoms with van der Waals surface area (Å²) in [7, 11) is -4.21. The molecule has 6 fully saturated rings. The molecular formula is C98H121N12O20PS2. The van der Waals surface area contributed by atoms with Crippen molar-refractivity contribution in [3.63, 3.8) is 0 Å². The third-order valence-corrected chi connectivity index (χ3v) is 25.2. The minimum Gasteiger partial charge on any atom is -0.508 e. The molecule has 7 heterocycles. The van der Waals surface area contributed by atoms with Crippen LogP contribution in [0, 0.1) is 5.92 Å². The topological polar surface area (TPSA) is 413 Å². The van der Waals surface area contributed by atoms with Crippen molar-refractivity contribution in [1.29, 1.82) is 0 Å². The predicted molar refractivity (Wildman–Crippen MR) is 507 cm³/mol. The van der Waals surface area contributed by atoms with Gasteiger partial charge in [0.05, 0.1) is 25.4 Å². The van der Waals surface area contributed by atoms with Crippen LogP contribution in [0.3, 0.4) is 0 Å². The Balaban J connectivity index is 0.000000168. The molecule has 0 bridgehead atoms. The van der Waals surface area contributed by atoms with Gasteiger partial charge in [-0.25, -0.2) is 16.8 Å². The summed E-state index contributed by atoms with van der Waals surface area (Å²) in [6, 6.07) is 62.5. The number of carbonyl (C=O) groups excluding carboxylic acids is 12. The Kier molecular flexibility index (Phi) is 38.6. The van der Waals surface area contributed by atoms with E-state index < -0.39 is 73.1 Å². The van der Waals surface area contributed by atoms with Gasteiger partial charge in [-0.15, -0.1) is 9.24 Å². The Morgan fingerprint density at radius 3 is 1.41 bits per heavy atom. The zero-order valence-corrected chi connectivity index (χ0v) is 78.7. The van der Waals surface area contributed by atoms with Crippen LogP contribution in [0.2, 0.25) is 0 Å². The molecule has 8 aromatic rings. The molecule has 7 aliphatic rings. The summed E-state index contributed by atoms with van der Waals surface area (Å²) in [6.07, 6.45) is 7.40. The average molecular weight is 1880 g/mol. The molecule has 8 atom stereocenters. The van der Waals surface area contributed by atoms with Gasteiger partial charge in [0, 0.05) is 96.6 Å². The summed E-state index contributed by atoms with van der Waals surface area (Å²) in [4.78, 5) is 157. The summed E-state index contributed by atoms with van der Waals surface area (Å²) < 4.78 is 60.6. The van der Waals surface area contributed by atoms with Crippen LogP contribution < -0.4 is 46.1 Å². The normalized spacial score (nSPS) is 18.9. The highest BCUT2D eigenvalue weighted by atomic mass is 32.2. The van der Waals surface area contributed by atoms with Gasteiger partial charge in [0.15, 0.2) is 31.2 Å². The Labute approximate surface area is 779 Å². The number of ether oxygens (including phenoxy) is 3. The molecule has 0 spiro atoms. The largest absolute Gasteiger partial charge is 0.508 e. The number of carbonyl (C=O) groups is 12. The lowest BCUT2D eigenvalue weighted by Gasteiger charge is -2.38. The molecule has 32 nitrogen and oxygen atoms in total. The summed E-state index contributed by atoms with van der Waals surface area (Å²) in [5.74, 6) is -1.15. The fourth-order valence-electron chi connectivity index (χ4n) is 16.9. The van der Waals surface area contributed by atoms with Crippen molar-refractivity contribution >= 4 is 111 Å². The van der Waals surface area contributed by atoms with Gasteiger partial charge in [-0.05, 0) is 144 Å². The average Bonchev–Trinajstić information content (AvgIpc) is 1.42. The lowest BCUT2D eigenvalue weighted by molar-refractivity contribution is -0.145. The SMILES string of the molecule is CC(Cc1ccc2c(c1)OCO2)C1C(=O)NCCN1C(=O)CCOc1ccccc1.CCC1C(=O)NCCN1C(=O)CS(C)(=O)=O.CCC1C(=O)NCCN1C(=O)Cc1cccc(O)c1.CCC1C(=O)NCCN1C(=O)c1ccc2ccccc2c1.CS(=O)(=O)CC(=O)N1CCNC(=O)C1CCP.O=C1NCCN(C(=O)C(c2ccccc2)c2ccccc2)C1CCc1ccccc1. The summed E-state index contributed by atoms with van der Waals surface area (Å²) in [5.41, 5.74) is 5.51. The van der Waals surface area contributed by atoms with Gasteiger partial charge in [-0.1, -0.05) is 185 Å². The van der Waals surface area contributed by atoms with Gasteiger partial charge in [0.1, 0.15) is 59.3 Å². The number of amides is 12. The first-order valence-corrected chi connectivity index (χ1v) is 49.8. The number of sulfone groups is 2. The van der Waals surface area contributed by atoms with E-state index in [0.29, 0.717) is 129 Å². The van der Waals surface area contributed by atoms with Crippen molar-refractivity contribution in [3.8, 4) is 23.0 Å². The third-order valence-electron chi connectivity index (χ3n) is 23.3. The molecule has 710 valence electrons. The molecule has 8 unspecified atom stereocenters. The maximum absolute atomic E-state index is 13.8. The second kappa shape index (κ2) is 50.2. The van der Waals surface area contributed by atoms with Crippen molar-refractivity contribution < 1.29 is 93.7 Å². The molecule has 6 saturated heterocycles. The molecule has 12 amide bonds. The quantitative estimate of drug-likeness (QED) is 0.0303. The lowest BCUT2D eigenvalue weighted by atomic mass is 9.89. The van der Waals surface area contributed by atoms with E-state index in [1.165, 1.54) is 15.4 Å². The maximum atomic E-state index is 13.8. The van der Waals surface area contributed by atoms with Crippen LogP contribution in [-0.4, -0.2) is 281 Å². The highest BCUT2D eigenvalue weighted by molar-refractivity contribution is 7.91. The number of fused-ring (bicyclic) bond motifs is 2. The minimum absolute atomic E-state index is 0.0136. The Hall–Kier alpha value is -12.8. The standard InChI is InChI=1S/C26H26N2O2.C23H26N2O5.C17H18N2O2.C14H18N2O3.C9H17N2O4PS.C9H16N2O4S/c29-25-23(17-16-20-10-4-1-5-11-20)28(19-18-27-25)26(30)24(21-12-6-2-7-13-21)22-14-8-3-9-15-22;1-16(13-17-7-8-19-20(14-17)30-15-29-19)22-23(27)24-10-11-25(22)21(26)9-12-28-18-5-3-2-4-6-18;1-2-15-16(20)18-9-10-19(15)17(21)14-8-7-12-5-3-4-6-13(12)11-14;1-2-12-14(19)15-6-7-16(12)13(18)9-10-4-3-5-11(17)8-10;1-17(14,15)6-8(12)11-4-3-10-9(13)7(11)2-5-16;1-3-7-9(13)10-4-5-11(7)8(12)6-16(2,14)15/h1-15,23-24H,16-19H2,(H,27,29);2-8,14,16,22H,9-13,15H2,1H3,(H,24,27);3-8,11,15H,2,9-10H2,1H3,(H,18,20);3-5,8,12,17H,2,6-7,9H2,1H3,(H,15,19);7H,2-6,16H2,1H3,(H,10,13);7H,3-6H2,1-2H3,(H,10,13). The highest BCUT2D eigenvalue weighted by Gasteiger charge is 2.41. The highest BCUT2D eigenvalue weighted by Crippen LogP contribution is 2.35. The fraction of sp³-hybridized carbons (Fsp3) is 0.408. The predicted octanol–water partition coefficient (Wildman–Crippen LogP) is 6.42. The first kappa shape index (κ1) is 102. The van der Waals surface area contributed by atoms with Gasteiger partial charge in [0.25, 0.3) is 5.91 Å². The number of rotatable bonds is 25. The van der Waals surface area contributed by atoms with Crippen LogP contribution in [0.5, 0.6) is 23.0 Å². The minimum atomic E-state index is -3.36. The van der Waals surface area contributed by atoms with Crippen molar-refractivity contribution in [1.82, 2.24) is 61.3 Å². The molecule has 0 aromatic heterocycles. The fourth-order valence-corrected chi connectivity index (χ4v) is 18.4. The van der Waals surface area contributed by atoms with Crippen LogP contribution in [0.4, 0.5) is 0 Å². The lowest BCUT2D eigenvalue weighted by Crippen LogP contribution is -2.60. The second-order valence-electron chi connectivity index (χ2n) is 33.1. The van der Waals surface area contributed by atoms with Crippen LogP contribution in [0.1, 0.15) is 110 Å². The van der Waals surface area contributed by atoms with Crippen LogP contribution >= 0.6 is 9.24 Å². The Morgan fingerprint density at radius 2 is 0.887 bits per heavy atom. The number of aromatic hydroxyl groups is 1. The van der Waals surface area contributed by atoms with Crippen LogP contribution in [0.15, 0.2) is 206 Å². The summed E-state index contributed by atoms with van der Waals surface area (Å²) in [6.45, 7) is 13.7. The maximum Gasteiger partial charge on any atom is 0.254 e. The molecule has 0 saturated carbocycles. The van der Waals surface area contributed by atoms with E-state index in [4.69, 9.17) is 14.2 Å². The molecule has 0 radical (unpaired) electrons. The number of aryl methyl sites for hydroxylation is 1. The molecule has 7 aliphatic heterocycles. The molecule has 35 heteroatoms. The summed E-state index contributed by atoms with van der Waals surface area (Å²) >= 11 is 0. The van der Waals surface area contributed by atoms with Crippen LogP contribution in [0.25, 0.3) is 10.8 Å². The molecule has 8 aromatic carbocycles. The molecule has 15 rings (SSSR count). The smallest absolute Gasteiger partial charge is 0.254 e. The van der Waals surface area contributed by atoms with E-state index in [0.717, 1.165) is 69.2 Å². The molecule has 7 N–H and O–H groups in total. The monoisotopic (exact) mass is 1880 g/mol. The van der Waals surface area contributed by atoms with E-state index >= 15 is 0 Å². The molecule has 0 aliphatic carbocycles. The van der Waals surface area contributed by atoms with Crippen molar-refractivity contribution in [2.75, 3.05) is 122 Å².